The minimum Gasteiger partial charge on any atom is -0.365 e. The van der Waals surface area contributed by atoms with Gasteiger partial charge in [-0.25, -0.2) is 0 Å². The Labute approximate surface area is 93.3 Å². The van der Waals surface area contributed by atoms with Crippen molar-refractivity contribution in [2.45, 2.75) is 18.3 Å². The molecule has 1 heterocycles. The molecule has 0 aliphatic heterocycles. The van der Waals surface area contributed by atoms with E-state index in [0.29, 0.717) is 18.2 Å². The molecule has 0 unspecified atom stereocenters. The number of hydrogen-bond donors (Lipinski definition) is 1. The molecule has 1 rings (SSSR count). The summed E-state index contributed by atoms with van der Waals surface area (Å²) in [5, 5.41) is 5.22. The molecule has 0 aliphatic carbocycles. The van der Waals surface area contributed by atoms with Crippen LogP contribution in [0.1, 0.15) is 12.8 Å². The van der Waals surface area contributed by atoms with Crippen LogP contribution in [0.3, 0.4) is 0 Å². The van der Waals surface area contributed by atoms with Crippen LogP contribution in [0, 0.1) is 0 Å². The molecule has 0 atom stereocenters. The fourth-order valence-electron chi connectivity index (χ4n) is 0.695. The Morgan fingerprint density at radius 1 is 1.62 bits per heavy atom. The predicted molar refractivity (Wildman–Crippen MR) is 50.0 cm³/mol. The van der Waals surface area contributed by atoms with Crippen LogP contribution in [0.25, 0.3) is 0 Å². The van der Waals surface area contributed by atoms with Crippen molar-refractivity contribution in [3.8, 4) is 0 Å². The number of halogens is 3. The lowest BCUT2D eigenvalue weighted by atomic mass is 10.1. The molecule has 0 fully saturated rings. The average molecular weight is 252 g/mol. The standard InChI is InChI=1S/C6H6BF3N3O2S/c1-2-11-4(14)7-16-5-12-3(15-13-5)6(8,9)10/h2H2,1H3,(H,11,14). The van der Waals surface area contributed by atoms with E-state index in [4.69, 9.17) is 0 Å². The maximum absolute atomic E-state index is 12.0. The van der Waals surface area contributed by atoms with E-state index in [-0.39, 0.29) is 5.16 Å². The summed E-state index contributed by atoms with van der Waals surface area (Å²) in [6.45, 7) is 3.21. The Kier molecular flexibility index (Phi) is 4.22. The fraction of sp³-hybridized carbons (Fsp3) is 0.500. The van der Waals surface area contributed by atoms with Crippen molar-refractivity contribution in [1.82, 2.24) is 15.5 Å². The van der Waals surface area contributed by atoms with Crippen LogP contribution in [0.4, 0.5) is 18.0 Å². The topological polar surface area (TPSA) is 68.0 Å². The number of alkyl halides is 3. The predicted octanol–water partition coefficient (Wildman–Crippen LogP) is 1.53. The van der Waals surface area contributed by atoms with Gasteiger partial charge >= 0.3 is 18.6 Å². The lowest BCUT2D eigenvalue weighted by molar-refractivity contribution is -0.159. The number of hydrogen-bond acceptors (Lipinski definition) is 5. The van der Waals surface area contributed by atoms with E-state index < -0.39 is 17.9 Å². The Morgan fingerprint density at radius 3 is 2.81 bits per heavy atom. The van der Waals surface area contributed by atoms with Gasteiger partial charge in [0.05, 0.1) is 0 Å². The summed E-state index contributed by atoms with van der Waals surface area (Å²) in [4.78, 5) is 14.0. The molecule has 87 valence electrons. The molecule has 0 aliphatic rings. The molecule has 0 saturated heterocycles. The van der Waals surface area contributed by atoms with Crippen molar-refractivity contribution in [3.05, 3.63) is 5.89 Å². The molecule has 1 N–H and O–H groups in total. The van der Waals surface area contributed by atoms with E-state index in [1.807, 2.05) is 0 Å². The highest BCUT2D eigenvalue weighted by Gasteiger charge is 2.38. The highest BCUT2D eigenvalue weighted by atomic mass is 32.2. The number of aromatic nitrogens is 2. The van der Waals surface area contributed by atoms with Crippen LogP contribution < -0.4 is 5.32 Å². The van der Waals surface area contributed by atoms with Crippen molar-refractivity contribution < 1.29 is 22.5 Å². The number of amides is 1. The van der Waals surface area contributed by atoms with Crippen LogP contribution in [-0.4, -0.2) is 29.0 Å². The van der Waals surface area contributed by atoms with Crippen LogP contribution in [0.2, 0.25) is 0 Å². The number of carbonyl (C=O) groups excluding carboxylic acids is 1. The van der Waals surface area contributed by atoms with Gasteiger partial charge in [-0.15, -0.1) is 11.6 Å². The van der Waals surface area contributed by atoms with Crippen molar-refractivity contribution in [1.29, 1.82) is 0 Å². The summed E-state index contributed by atoms with van der Waals surface area (Å²) >= 11 is 0.652. The molecular weight excluding hydrogens is 246 g/mol. The number of nitrogens with one attached hydrogen (secondary N) is 1. The van der Waals surface area contributed by atoms with E-state index in [9.17, 15) is 18.0 Å². The summed E-state index contributed by atoms with van der Waals surface area (Å²) in [5.74, 6) is -1.86. The molecule has 1 aromatic heterocycles. The molecule has 10 heteroatoms. The second-order valence-electron chi connectivity index (χ2n) is 2.51. The van der Waals surface area contributed by atoms with E-state index in [1.54, 1.807) is 6.92 Å². The third-order valence-electron chi connectivity index (χ3n) is 1.27. The monoisotopic (exact) mass is 252 g/mol. The van der Waals surface area contributed by atoms with E-state index in [2.05, 4.69) is 20.0 Å². The molecule has 1 amide bonds. The molecule has 5 nitrogen and oxygen atoms in total. The third-order valence-corrected chi connectivity index (χ3v) is 1.98. The fourth-order valence-corrected chi connectivity index (χ4v) is 1.21. The van der Waals surface area contributed by atoms with E-state index in [1.165, 1.54) is 0 Å². The zero-order valence-corrected chi connectivity index (χ0v) is 8.85. The van der Waals surface area contributed by atoms with Gasteiger partial charge in [0.2, 0.25) is 5.16 Å². The summed E-state index contributed by atoms with van der Waals surface area (Å²) < 4.78 is 40.0. The Balaban J connectivity index is 2.50. The summed E-state index contributed by atoms with van der Waals surface area (Å²) in [6.07, 6.45) is -4.67. The van der Waals surface area contributed by atoms with Crippen molar-refractivity contribution in [2.24, 2.45) is 0 Å². The Morgan fingerprint density at radius 2 is 2.31 bits per heavy atom. The first-order valence-electron chi connectivity index (χ1n) is 4.12. The average Bonchev–Trinajstić information content (AvgIpc) is 2.63. The SMILES string of the molecule is CCNC(=O)[B]Sc1noc(C(F)(F)F)n1. The normalized spacial score (nSPS) is 11.2. The minimum atomic E-state index is -4.67. The molecule has 16 heavy (non-hydrogen) atoms. The molecular formula is C6H6BF3N3O2S. The summed E-state index contributed by atoms with van der Waals surface area (Å²) in [7, 11) is 0. The summed E-state index contributed by atoms with van der Waals surface area (Å²) in [6, 6.07) is 0. The second kappa shape index (κ2) is 5.24. The molecule has 0 aromatic carbocycles. The van der Waals surface area contributed by atoms with Gasteiger partial charge in [-0.1, -0.05) is 5.16 Å². The van der Waals surface area contributed by atoms with Gasteiger partial charge in [0.15, 0.2) is 5.81 Å². The van der Waals surface area contributed by atoms with E-state index in [0.717, 1.165) is 6.56 Å². The van der Waals surface area contributed by atoms with Gasteiger partial charge in [0.25, 0.3) is 0 Å². The van der Waals surface area contributed by atoms with Crippen molar-refractivity contribution in [2.75, 3.05) is 6.54 Å². The van der Waals surface area contributed by atoms with Crippen LogP contribution in [-0.2, 0) is 6.18 Å². The third kappa shape index (κ3) is 3.76. The Bertz CT molecular complexity index is 370. The first-order chi connectivity index (χ1) is 7.43. The maximum atomic E-state index is 12.0. The van der Waals surface area contributed by atoms with Crippen LogP contribution in [0.5, 0.6) is 0 Å². The van der Waals surface area contributed by atoms with E-state index >= 15 is 0 Å². The van der Waals surface area contributed by atoms with Gasteiger partial charge in [-0.2, -0.15) is 18.2 Å². The lowest BCUT2D eigenvalue weighted by Gasteiger charge is -1.97. The van der Waals surface area contributed by atoms with Crippen molar-refractivity contribution in [3.63, 3.8) is 0 Å². The Hall–Kier alpha value is -1.19. The van der Waals surface area contributed by atoms with Gasteiger partial charge in [0, 0.05) is 6.54 Å². The largest absolute Gasteiger partial charge is 0.471 e. The van der Waals surface area contributed by atoms with Gasteiger partial charge in [0.1, 0.15) is 0 Å². The van der Waals surface area contributed by atoms with Crippen molar-refractivity contribution >= 4 is 24.0 Å². The van der Waals surface area contributed by atoms with Gasteiger partial charge in [-0.05, 0) is 6.92 Å². The lowest BCUT2D eigenvalue weighted by Crippen LogP contribution is -2.25. The zero-order valence-electron chi connectivity index (χ0n) is 8.04. The first kappa shape index (κ1) is 12.9. The first-order valence-corrected chi connectivity index (χ1v) is 5.00. The quantitative estimate of drug-likeness (QED) is 0.823. The highest BCUT2D eigenvalue weighted by molar-refractivity contribution is 8.24. The molecule has 1 radical (unpaired) electrons. The van der Waals surface area contributed by atoms with Crippen LogP contribution >= 0.6 is 11.6 Å². The number of nitrogens with zero attached hydrogens (tertiary/aromatic N) is 2. The van der Waals surface area contributed by atoms with Crippen LogP contribution in [0.15, 0.2) is 9.68 Å². The molecule has 0 saturated carbocycles. The van der Waals surface area contributed by atoms with Gasteiger partial charge < -0.3 is 9.84 Å². The minimum absolute atomic E-state index is 0.265. The number of carbonyl (C=O) groups is 1. The molecule has 0 spiro atoms. The zero-order chi connectivity index (χ0) is 12.2. The van der Waals surface area contributed by atoms with Gasteiger partial charge in [-0.3, -0.25) is 4.79 Å². The second-order valence-corrected chi connectivity index (χ2v) is 3.35. The number of rotatable bonds is 4. The smallest absolute Gasteiger partial charge is 0.365 e. The summed E-state index contributed by atoms with van der Waals surface area (Å²) in [5.41, 5.74) is 0. The highest BCUT2D eigenvalue weighted by Crippen LogP contribution is 2.28. The molecule has 0 bridgehead atoms. The maximum Gasteiger partial charge on any atom is 0.471 e. The molecule has 1 aromatic rings.